The molecule has 6 nitrogen and oxygen atoms in total. The van der Waals surface area contributed by atoms with Crippen molar-refractivity contribution in [2.75, 3.05) is 26.0 Å². The van der Waals surface area contributed by atoms with Gasteiger partial charge in [0.2, 0.25) is 6.41 Å². The lowest BCUT2D eigenvalue weighted by Gasteiger charge is -2.37. The number of hydrogen-bond acceptors (Lipinski definition) is 6. The van der Waals surface area contributed by atoms with Crippen LogP contribution in [0.3, 0.4) is 0 Å². The molecule has 0 bridgehead atoms. The Morgan fingerprint density at radius 1 is 1.06 bits per heavy atom. The molecule has 1 amide bonds. The molecule has 172 valence electrons. The van der Waals surface area contributed by atoms with E-state index in [4.69, 9.17) is 4.74 Å². The quantitative estimate of drug-likeness (QED) is 0.247. The van der Waals surface area contributed by atoms with Crippen LogP contribution in [0.4, 0.5) is 0 Å². The van der Waals surface area contributed by atoms with Crippen LogP contribution in [0.15, 0.2) is 82.5 Å². The van der Waals surface area contributed by atoms with Crippen molar-refractivity contribution < 1.29 is 19.1 Å². The van der Waals surface area contributed by atoms with E-state index < -0.39 is 11.9 Å². The second kappa shape index (κ2) is 11.5. The molecule has 0 aromatic heterocycles. The Balaban J connectivity index is 2.19. The van der Waals surface area contributed by atoms with Gasteiger partial charge < -0.3 is 15.0 Å². The summed E-state index contributed by atoms with van der Waals surface area (Å²) in [5.41, 5.74) is 3.17. The number of allylic oxidation sites excluding steroid dienone is 2. The van der Waals surface area contributed by atoms with Gasteiger partial charge in [0.05, 0.1) is 17.2 Å². The van der Waals surface area contributed by atoms with Gasteiger partial charge in [-0.2, -0.15) is 0 Å². The maximum Gasteiger partial charge on any atom is 0.337 e. The second-order valence-corrected chi connectivity index (χ2v) is 8.54. The predicted octanol–water partition coefficient (Wildman–Crippen LogP) is 4.13. The van der Waals surface area contributed by atoms with Gasteiger partial charge in [-0.3, -0.25) is 9.59 Å². The second-order valence-electron chi connectivity index (χ2n) is 7.46. The van der Waals surface area contributed by atoms with Crippen molar-refractivity contribution in [3.05, 3.63) is 93.7 Å². The number of carbonyl (C=O) groups is 3. The van der Waals surface area contributed by atoms with E-state index in [1.54, 1.807) is 19.1 Å². The predicted molar refractivity (Wildman–Crippen MR) is 131 cm³/mol. The zero-order valence-electron chi connectivity index (χ0n) is 19.0. The smallest absolute Gasteiger partial charge is 0.337 e. The van der Waals surface area contributed by atoms with E-state index >= 15 is 0 Å². The van der Waals surface area contributed by atoms with E-state index in [-0.39, 0.29) is 12.4 Å². The normalized spacial score (nSPS) is 16.0. The van der Waals surface area contributed by atoms with Crippen LogP contribution in [0.1, 0.15) is 35.7 Å². The van der Waals surface area contributed by atoms with Crippen LogP contribution in [0.25, 0.3) is 0 Å². The highest BCUT2D eigenvalue weighted by Crippen LogP contribution is 2.46. The van der Waals surface area contributed by atoms with E-state index in [1.165, 1.54) is 11.8 Å². The van der Waals surface area contributed by atoms with Crippen LogP contribution in [0.5, 0.6) is 0 Å². The van der Waals surface area contributed by atoms with Gasteiger partial charge in [-0.1, -0.05) is 60.7 Å². The summed E-state index contributed by atoms with van der Waals surface area (Å²) in [5, 5.41) is 3.37. The highest BCUT2D eigenvalue weighted by Gasteiger charge is 2.40. The van der Waals surface area contributed by atoms with Gasteiger partial charge in [-0.15, -0.1) is 11.8 Å². The summed E-state index contributed by atoms with van der Waals surface area (Å²) in [6, 6.07) is 18.7. The molecule has 2 aromatic carbocycles. The highest BCUT2D eigenvalue weighted by molar-refractivity contribution is 8.03. The summed E-state index contributed by atoms with van der Waals surface area (Å²) in [6.07, 6.45) is 0.653. The number of thioether (sulfide) groups is 1. The molecule has 3 rings (SSSR count). The minimum atomic E-state index is -0.573. The number of ether oxygens (including phenoxy) is 1. The molecule has 0 fully saturated rings. The van der Waals surface area contributed by atoms with Gasteiger partial charge in [0, 0.05) is 42.1 Å². The van der Waals surface area contributed by atoms with Crippen molar-refractivity contribution in [3.8, 4) is 0 Å². The SMILES string of the molecule is CCOC(=O)C1=C(SCCNC=O)N(C)C(C)=C(C(=O)c2ccccc2)C1c1ccccc1. The standard InChI is InChI=1S/C26H28N2O4S/c1-4-32-26(31)23-22(19-11-7-5-8-12-19)21(24(30)20-13-9-6-10-14-20)18(2)28(3)25(23)33-16-15-27-17-29/h5-14,17,22H,4,15-16H2,1-3H3,(H,27,29). The summed E-state index contributed by atoms with van der Waals surface area (Å²) < 4.78 is 5.47. The summed E-state index contributed by atoms with van der Waals surface area (Å²) in [7, 11) is 1.85. The lowest BCUT2D eigenvalue weighted by molar-refractivity contribution is -0.138. The number of hydrogen-bond donors (Lipinski definition) is 1. The first-order chi connectivity index (χ1) is 16.0. The third-order valence-electron chi connectivity index (χ3n) is 5.48. The molecular formula is C26H28N2O4S. The van der Waals surface area contributed by atoms with Crippen LogP contribution >= 0.6 is 11.8 Å². The monoisotopic (exact) mass is 464 g/mol. The first-order valence-corrected chi connectivity index (χ1v) is 11.8. The number of rotatable bonds is 10. The van der Waals surface area contributed by atoms with Crippen molar-refractivity contribution in [2.45, 2.75) is 19.8 Å². The Morgan fingerprint density at radius 2 is 1.70 bits per heavy atom. The molecule has 0 spiro atoms. The molecule has 1 aliphatic heterocycles. The molecule has 1 atom stereocenters. The van der Waals surface area contributed by atoms with Crippen LogP contribution in [0.2, 0.25) is 0 Å². The molecule has 1 heterocycles. The Labute approximate surface area is 198 Å². The molecule has 2 aromatic rings. The van der Waals surface area contributed by atoms with E-state index in [2.05, 4.69) is 5.32 Å². The summed E-state index contributed by atoms with van der Waals surface area (Å²) in [5.74, 6) is -0.578. The van der Waals surface area contributed by atoms with Gasteiger partial charge in [-0.25, -0.2) is 4.79 Å². The fourth-order valence-corrected chi connectivity index (χ4v) is 4.96. The topological polar surface area (TPSA) is 75.7 Å². The molecule has 0 aliphatic carbocycles. The molecule has 0 radical (unpaired) electrons. The number of Topliss-reactive ketones (excluding diaryl/α,β-unsaturated/α-hetero) is 1. The molecule has 33 heavy (non-hydrogen) atoms. The zero-order valence-corrected chi connectivity index (χ0v) is 19.9. The van der Waals surface area contributed by atoms with Gasteiger partial charge in [-0.05, 0) is 19.4 Å². The Morgan fingerprint density at radius 3 is 2.30 bits per heavy atom. The number of amides is 1. The van der Waals surface area contributed by atoms with Crippen molar-refractivity contribution >= 4 is 29.9 Å². The molecule has 1 unspecified atom stereocenters. The first-order valence-electron chi connectivity index (χ1n) is 10.8. The number of carbonyl (C=O) groups excluding carboxylic acids is 3. The number of nitrogens with zero attached hydrogens (tertiary/aromatic N) is 1. The molecule has 1 N–H and O–H groups in total. The highest BCUT2D eigenvalue weighted by atomic mass is 32.2. The maximum atomic E-state index is 13.8. The molecule has 0 saturated heterocycles. The third-order valence-corrected chi connectivity index (χ3v) is 6.66. The van der Waals surface area contributed by atoms with E-state index in [0.29, 0.717) is 35.4 Å². The Kier molecular flexibility index (Phi) is 8.49. The van der Waals surface area contributed by atoms with Crippen LogP contribution in [-0.2, 0) is 14.3 Å². The first kappa shape index (κ1) is 24.3. The number of nitrogens with one attached hydrogen (secondary N) is 1. The van der Waals surface area contributed by atoms with E-state index in [1.807, 2.05) is 67.4 Å². The minimum absolute atomic E-state index is 0.123. The largest absolute Gasteiger partial charge is 0.463 e. The fraction of sp³-hybridized carbons (Fsp3) is 0.269. The van der Waals surface area contributed by atoms with Crippen molar-refractivity contribution in [1.29, 1.82) is 0 Å². The molecular weight excluding hydrogens is 436 g/mol. The number of esters is 1. The number of benzene rings is 2. The lowest BCUT2D eigenvalue weighted by Crippen LogP contribution is -2.33. The van der Waals surface area contributed by atoms with Crippen LogP contribution in [-0.4, -0.2) is 49.0 Å². The van der Waals surface area contributed by atoms with E-state index in [0.717, 1.165) is 16.3 Å². The van der Waals surface area contributed by atoms with Gasteiger partial charge in [0.15, 0.2) is 5.78 Å². The molecule has 0 saturated carbocycles. The maximum absolute atomic E-state index is 13.8. The summed E-state index contributed by atoms with van der Waals surface area (Å²) in [6.45, 7) is 4.35. The van der Waals surface area contributed by atoms with Gasteiger partial charge >= 0.3 is 5.97 Å². The van der Waals surface area contributed by atoms with Crippen molar-refractivity contribution in [1.82, 2.24) is 10.2 Å². The average molecular weight is 465 g/mol. The Bertz CT molecular complexity index is 1060. The minimum Gasteiger partial charge on any atom is -0.463 e. The summed E-state index contributed by atoms with van der Waals surface area (Å²) >= 11 is 1.46. The average Bonchev–Trinajstić information content (AvgIpc) is 2.84. The Hall–Kier alpha value is -3.32. The zero-order chi connectivity index (χ0) is 23.8. The molecule has 1 aliphatic rings. The molecule has 7 heteroatoms. The van der Waals surface area contributed by atoms with E-state index in [9.17, 15) is 14.4 Å². The van der Waals surface area contributed by atoms with Crippen LogP contribution in [0, 0.1) is 0 Å². The van der Waals surface area contributed by atoms with Crippen molar-refractivity contribution in [3.63, 3.8) is 0 Å². The number of ketones is 1. The fourth-order valence-electron chi connectivity index (χ4n) is 3.86. The summed E-state index contributed by atoms with van der Waals surface area (Å²) in [4.78, 5) is 39.6. The van der Waals surface area contributed by atoms with Crippen molar-refractivity contribution in [2.24, 2.45) is 0 Å². The van der Waals surface area contributed by atoms with Crippen LogP contribution < -0.4 is 5.32 Å². The third kappa shape index (κ3) is 5.37. The lowest BCUT2D eigenvalue weighted by atomic mass is 9.78. The van der Waals surface area contributed by atoms with Gasteiger partial charge in [0.25, 0.3) is 0 Å². The van der Waals surface area contributed by atoms with Gasteiger partial charge in [0.1, 0.15) is 0 Å².